The van der Waals surface area contributed by atoms with Crippen LogP contribution in [0.15, 0.2) is 17.3 Å². The monoisotopic (exact) mass is 209 g/mol. The fourth-order valence-electron chi connectivity index (χ4n) is 1.72. The van der Waals surface area contributed by atoms with Crippen LogP contribution in [0.5, 0.6) is 0 Å². The van der Waals surface area contributed by atoms with Gasteiger partial charge in [0, 0.05) is 13.1 Å². The SMILES string of the molecule is O/N=C\c1ccc(N2CCCC2)nc1F. The standard InChI is InChI=1S/C10H12FN3O/c11-10-8(7-12-15)3-4-9(13-10)14-5-1-2-6-14/h3-4,7,15H,1-2,5-6H2/b12-7-. The van der Waals surface area contributed by atoms with Gasteiger partial charge in [0.05, 0.1) is 11.8 Å². The highest BCUT2D eigenvalue weighted by Crippen LogP contribution is 2.18. The molecule has 0 spiro atoms. The van der Waals surface area contributed by atoms with Crippen molar-refractivity contribution in [3.05, 3.63) is 23.6 Å². The minimum absolute atomic E-state index is 0.195. The van der Waals surface area contributed by atoms with Crippen LogP contribution in [0.1, 0.15) is 18.4 Å². The van der Waals surface area contributed by atoms with Crippen LogP contribution in [0, 0.1) is 5.95 Å². The molecular weight excluding hydrogens is 197 g/mol. The van der Waals surface area contributed by atoms with Gasteiger partial charge >= 0.3 is 0 Å². The molecule has 4 nitrogen and oxygen atoms in total. The molecule has 0 unspecified atom stereocenters. The fourth-order valence-corrected chi connectivity index (χ4v) is 1.72. The highest BCUT2D eigenvalue weighted by molar-refractivity contribution is 5.79. The van der Waals surface area contributed by atoms with Crippen molar-refractivity contribution in [1.82, 2.24) is 4.98 Å². The Bertz CT molecular complexity index is 375. The normalized spacial score (nSPS) is 16.5. The van der Waals surface area contributed by atoms with E-state index in [1.54, 1.807) is 12.1 Å². The molecular formula is C10H12FN3O. The number of pyridine rings is 1. The average molecular weight is 209 g/mol. The van der Waals surface area contributed by atoms with Crippen LogP contribution >= 0.6 is 0 Å². The molecule has 0 saturated carbocycles. The third-order valence-corrected chi connectivity index (χ3v) is 2.49. The van der Waals surface area contributed by atoms with Gasteiger partial charge in [-0.1, -0.05) is 5.16 Å². The van der Waals surface area contributed by atoms with Crippen molar-refractivity contribution in [3.8, 4) is 0 Å². The predicted molar refractivity (Wildman–Crippen MR) is 55.0 cm³/mol. The van der Waals surface area contributed by atoms with Gasteiger partial charge < -0.3 is 10.1 Å². The third kappa shape index (κ3) is 2.06. The lowest BCUT2D eigenvalue weighted by Crippen LogP contribution is -2.19. The van der Waals surface area contributed by atoms with E-state index >= 15 is 0 Å². The molecule has 0 atom stereocenters. The fraction of sp³-hybridized carbons (Fsp3) is 0.400. The van der Waals surface area contributed by atoms with E-state index in [1.807, 2.05) is 4.90 Å². The molecule has 1 fully saturated rings. The van der Waals surface area contributed by atoms with Crippen molar-refractivity contribution in [2.45, 2.75) is 12.8 Å². The molecule has 5 heteroatoms. The summed E-state index contributed by atoms with van der Waals surface area (Å²) in [6, 6.07) is 3.31. The van der Waals surface area contributed by atoms with Gasteiger partial charge in [0.25, 0.3) is 0 Å². The predicted octanol–water partition coefficient (Wildman–Crippen LogP) is 1.63. The van der Waals surface area contributed by atoms with E-state index in [9.17, 15) is 4.39 Å². The van der Waals surface area contributed by atoms with Crippen LogP contribution in [-0.2, 0) is 0 Å². The first-order valence-corrected chi connectivity index (χ1v) is 4.90. The van der Waals surface area contributed by atoms with Crippen LogP contribution < -0.4 is 4.90 Å². The summed E-state index contributed by atoms with van der Waals surface area (Å²) >= 11 is 0. The molecule has 1 aromatic heterocycles. The number of anilines is 1. The molecule has 15 heavy (non-hydrogen) atoms. The van der Waals surface area contributed by atoms with Crippen LogP contribution in [-0.4, -0.2) is 29.5 Å². The first-order valence-electron chi connectivity index (χ1n) is 4.90. The molecule has 0 aromatic carbocycles. The van der Waals surface area contributed by atoms with E-state index in [2.05, 4.69) is 10.1 Å². The molecule has 1 N–H and O–H groups in total. The van der Waals surface area contributed by atoms with Gasteiger partial charge in [-0.3, -0.25) is 0 Å². The maximum atomic E-state index is 13.4. The van der Waals surface area contributed by atoms with E-state index in [4.69, 9.17) is 5.21 Å². The smallest absolute Gasteiger partial charge is 0.223 e. The molecule has 0 aliphatic carbocycles. The summed E-state index contributed by atoms with van der Waals surface area (Å²) in [6.45, 7) is 1.86. The largest absolute Gasteiger partial charge is 0.411 e. The Labute approximate surface area is 87.0 Å². The minimum Gasteiger partial charge on any atom is -0.411 e. The van der Waals surface area contributed by atoms with E-state index in [1.165, 1.54) is 0 Å². The third-order valence-electron chi connectivity index (χ3n) is 2.49. The zero-order chi connectivity index (χ0) is 10.7. The molecule has 1 aliphatic heterocycles. The Kier molecular flexibility index (Phi) is 2.80. The number of oxime groups is 1. The second-order valence-electron chi connectivity index (χ2n) is 3.49. The summed E-state index contributed by atoms with van der Waals surface area (Å²) in [7, 11) is 0. The minimum atomic E-state index is -0.600. The molecule has 1 aliphatic rings. The number of hydrogen-bond acceptors (Lipinski definition) is 4. The molecule has 1 saturated heterocycles. The van der Waals surface area contributed by atoms with Crippen molar-refractivity contribution in [3.63, 3.8) is 0 Å². The molecule has 80 valence electrons. The number of nitrogens with zero attached hydrogens (tertiary/aromatic N) is 3. The lowest BCUT2D eigenvalue weighted by atomic mass is 10.3. The second-order valence-corrected chi connectivity index (χ2v) is 3.49. The van der Waals surface area contributed by atoms with Gasteiger partial charge in [-0.05, 0) is 25.0 Å². The topological polar surface area (TPSA) is 48.7 Å². The van der Waals surface area contributed by atoms with Crippen LogP contribution in [0.3, 0.4) is 0 Å². The maximum Gasteiger partial charge on any atom is 0.223 e. The highest BCUT2D eigenvalue weighted by atomic mass is 19.1. The summed E-state index contributed by atoms with van der Waals surface area (Å²) < 4.78 is 13.4. The lowest BCUT2D eigenvalue weighted by Gasteiger charge is -2.16. The van der Waals surface area contributed by atoms with E-state index in [0.29, 0.717) is 5.82 Å². The van der Waals surface area contributed by atoms with Gasteiger partial charge in [0.15, 0.2) is 0 Å². The Hall–Kier alpha value is -1.65. The number of halogens is 1. The molecule has 0 amide bonds. The molecule has 1 aromatic rings. The molecule has 0 bridgehead atoms. The molecule has 0 radical (unpaired) electrons. The Balaban J connectivity index is 2.24. The first-order chi connectivity index (χ1) is 7.31. The summed E-state index contributed by atoms with van der Waals surface area (Å²) in [6.07, 6.45) is 3.29. The molecule has 2 rings (SSSR count). The van der Waals surface area contributed by atoms with Crippen molar-refractivity contribution in [1.29, 1.82) is 0 Å². The van der Waals surface area contributed by atoms with Gasteiger partial charge in [0.1, 0.15) is 5.82 Å². The van der Waals surface area contributed by atoms with Crippen molar-refractivity contribution >= 4 is 12.0 Å². The van der Waals surface area contributed by atoms with Crippen LogP contribution in [0.4, 0.5) is 10.2 Å². The Morgan fingerprint density at radius 3 is 2.73 bits per heavy atom. The van der Waals surface area contributed by atoms with E-state index in [0.717, 1.165) is 32.1 Å². The Morgan fingerprint density at radius 2 is 2.13 bits per heavy atom. The van der Waals surface area contributed by atoms with Crippen LogP contribution in [0.25, 0.3) is 0 Å². The van der Waals surface area contributed by atoms with Crippen molar-refractivity contribution in [2.24, 2.45) is 5.16 Å². The number of hydrogen-bond donors (Lipinski definition) is 1. The van der Waals surface area contributed by atoms with Gasteiger partial charge in [-0.25, -0.2) is 4.98 Å². The summed E-state index contributed by atoms with van der Waals surface area (Å²) in [5.74, 6) is 0.0530. The number of rotatable bonds is 2. The zero-order valence-electron chi connectivity index (χ0n) is 8.23. The van der Waals surface area contributed by atoms with Crippen molar-refractivity contribution in [2.75, 3.05) is 18.0 Å². The lowest BCUT2D eigenvalue weighted by molar-refractivity contribution is 0.321. The van der Waals surface area contributed by atoms with E-state index in [-0.39, 0.29) is 5.56 Å². The Morgan fingerprint density at radius 1 is 1.40 bits per heavy atom. The van der Waals surface area contributed by atoms with E-state index < -0.39 is 5.95 Å². The number of aromatic nitrogens is 1. The van der Waals surface area contributed by atoms with Gasteiger partial charge in [-0.15, -0.1) is 0 Å². The van der Waals surface area contributed by atoms with Crippen molar-refractivity contribution < 1.29 is 9.60 Å². The second kappa shape index (κ2) is 4.25. The molecule has 2 heterocycles. The highest BCUT2D eigenvalue weighted by Gasteiger charge is 2.14. The summed E-state index contributed by atoms with van der Waals surface area (Å²) in [5.41, 5.74) is 0.195. The summed E-state index contributed by atoms with van der Waals surface area (Å²) in [5, 5.41) is 11.1. The van der Waals surface area contributed by atoms with Crippen LogP contribution in [0.2, 0.25) is 0 Å². The maximum absolute atomic E-state index is 13.4. The zero-order valence-corrected chi connectivity index (χ0v) is 8.23. The van der Waals surface area contributed by atoms with Gasteiger partial charge in [0.2, 0.25) is 5.95 Å². The van der Waals surface area contributed by atoms with Gasteiger partial charge in [-0.2, -0.15) is 4.39 Å². The first kappa shape index (κ1) is 9.89. The summed E-state index contributed by atoms with van der Waals surface area (Å²) in [4.78, 5) is 5.88. The quantitative estimate of drug-likeness (QED) is 0.348. The average Bonchev–Trinajstić information content (AvgIpc) is 2.74.